The Labute approximate surface area is 102 Å². The van der Waals surface area contributed by atoms with Gasteiger partial charge in [-0.1, -0.05) is 12.1 Å². The van der Waals surface area contributed by atoms with Gasteiger partial charge in [-0.15, -0.1) is 0 Å². The van der Waals surface area contributed by atoms with Crippen LogP contribution in [-0.2, 0) is 16.6 Å². The molecule has 0 saturated carbocycles. The van der Waals surface area contributed by atoms with Crippen LogP contribution < -0.4 is 10.0 Å². The summed E-state index contributed by atoms with van der Waals surface area (Å²) in [5, 5.41) is 11.7. The van der Waals surface area contributed by atoms with Gasteiger partial charge in [0.05, 0.1) is 17.9 Å². The first-order chi connectivity index (χ1) is 8.01. The Morgan fingerprint density at radius 1 is 1.24 bits per heavy atom. The monoisotopic (exact) mass is 253 g/mol. The van der Waals surface area contributed by atoms with Crippen molar-refractivity contribution in [3.63, 3.8) is 0 Å². The standard InChI is InChI=1S/C11H15N3O2S/c1-17(15,16)14-7-6-13-9-11-4-2-10(8-12)3-5-11/h2-5,13-14H,6-7,9H2,1H3. The topological polar surface area (TPSA) is 82.0 Å². The van der Waals surface area contributed by atoms with Gasteiger partial charge in [0.15, 0.2) is 0 Å². The molecule has 1 rings (SSSR count). The molecule has 2 N–H and O–H groups in total. The number of nitriles is 1. The molecule has 5 nitrogen and oxygen atoms in total. The zero-order valence-corrected chi connectivity index (χ0v) is 10.4. The quantitative estimate of drug-likeness (QED) is 0.709. The Bertz CT molecular complexity index is 488. The van der Waals surface area contributed by atoms with Gasteiger partial charge in [-0.3, -0.25) is 0 Å². The second kappa shape index (κ2) is 6.35. The van der Waals surface area contributed by atoms with Crippen LogP contribution in [0.25, 0.3) is 0 Å². The van der Waals surface area contributed by atoms with Crippen LogP contribution in [0, 0.1) is 11.3 Å². The number of benzene rings is 1. The highest BCUT2D eigenvalue weighted by atomic mass is 32.2. The number of hydrogen-bond acceptors (Lipinski definition) is 4. The normalized spacial score (nSPS) is 11.1. The van der Waals surface area contributed by atoms with Crippen molar-refractivity contribution in [1.29, 1.82) is 5.26 Å². The third-order valence-electron chi connectivity index (χ3n) is 2.08. The first kappa shape index (κ1) is 13.6. The van der Waals surface area contributed by atoms with Gasteiger partial charge >= 0.3 is 0 Å². The van der Waals surface area contributed by atoms with Gasteiger partial charge in [-0.25, -0.2) is 13.1 Å². The summed E-state index contributed by atoms with van der Waals surface area (Å²) in [5.74, 6) is 0. The largest absolute Gasteiger partial charge is 0.311 e. The van der Waals surface area contributed by atoms with E-state index in [0.717, 1.165) is 11.8 Å². The van der Waals surface area contributed by atoms with E-state index in [1.54, 1.807) is 12.1 Å². The van der Waals surface area contributed by atoms with Crippen molar-refractivity contribution in [2.45, 2.75) is 6.54 Å². The molecule has 0 aliphatic heterocycles. The van der Waals surface area contributed by atoms with Gasteiger partial charge in [-0.05, 0) is 17.7 Å². The van der Waals surface area contributed by atoms with E-state index in [2.05, 4.69) is 16.1 Å². The molecule has 92 valence electrons. The van der Waals surface area contributed by atoms with Crippen LogP contribution in [0.2, 0.25) is 0 Å². The van der Waals surface area contributed by atoms with Crippen molar-refractivity contribution in [2.24, 2.45) is 0 Å². The van der Waals surface area contributed by atoms with Crippen LogP contribution in [0.15, 0.2) is 24.3 Å². The lowest BCUT2D eigenvalue weighted by Crippen LogP contribution is -2.30. The number of nitrogens with one attached hydrogen (secondary N) is 2. The van der Waals surface area contributed by atoms with Gasteiger partial charge in [0.25, 0.3) is 0 Å². The third kappa shape index (κ3) is 6.02. The van der Waals surface area contributed by atoms with E-state index in [4.69, 9.17) is 5.26 Å². The summed E-state index contributed by atoms with van der Waals surface area (Å²) in [5.41, 5.74) is 1.69. The van der Waals surface area contributed by atoms with Gasteiger partial charge < -0.3 is 5.32 Å². The molecule has 17 heavy (non-hydrogen) atoms. The maximum Gasteiger partial charge on any atom is 0.208 e. The van der Waals surface area contributed by atoms with Crippen LogP contribution in [0.3, 0.4) is 0 Å². The predicted molar refractivity (Wildman–Crippen MR) is 65.7 cm³/mol. The lowest BCUT2D eigenvalue weighted by atomic mass is 10.1. The second-order valence-electron chi connectivity index (χ2n) is 3.65. The fraction of sp³-hybridized carbons (Fsp3) is 0.364. The fourth-order valence-corrected chi connectivity index (χ4v) is 1.73. The summed E-state index contributed by atoms with van der Waals surface area (Å²) in [7, 11) is -3.10. The predicted octanol–water partition coefficient (Wildman–Crippen LogP) is 0.197. The molecule has 0 radical (unpaired) electrons. The average molecular weight is 253 g/mol. The smallest absolute Gasteiger partial charge is 0.208 e. The van der Waals surface area contributed by atoms with Crippen molar-refractivity contribution in [3.05, 3.63) is 35.4 Å². The minimum absolute atomic E-state index is 0.370. The molecular formula is C11H15N3O2S. The van der Waals surface area contributed by atoms with Crippen molar-refractivity contribution in [1.82, 2.24) is 10.0 Å². The molecule has 1 aromatic rings. The van der Waals surface area contributed by atoms with Crippen LogP contribution in [0.4, 0.5) is 0 Å². The number of hydrogen-bond donors (Lipinski definition) is 2. The minimum atomic E-state index is -3.10. The molecule has 0 unspecified atom stereocenters. The lowest BCUT2D eigenvalue weighted by molar-refractivity contribution is 0.582. The fourth-order valence-electron chi connectivity index (χ4n) is 1.25. The zero-order chi connectivity index (χ0) is 12.7. The van der Waals surface area contributed by atoms with Crippen LogP contribution in [-0.4, -0.2) is 27.8 Å². The van der Waals surface area contributed by atoms with Gasteiger partial charge in [-0.2, -0.15) is 5.26 Å². The molecule has 0 saturated heterocycles. The third-order valence-corrected chi connectivity index (χ3v) is 2.81. The molecule has 6 heteroatoms. The number of nitrogens with zero attached hydrogens (tertiary/aromatic N) is 1. The highest BCUT2D eigenvalue weighted by Gasteiger charge is 1.98. The first-order valence-electron chi connectivity index (χ1n) is 5.15. The number of sulfonamides is 1. The van der Waals surface area contributed by atoms with E-state index in [9.17, 15) is 8.42 Å². The van der Waals surface area contributed by atoms with Crippen molar-refractivity contribution in [2.75, 3.05) is 19.3 Å². The molecule has 0 aromatic heterocycles. The summed E-state index contributed by atoms with van der Waals surface area (Å²) in [6.45, 7) is 1.58. The molecule has 0 aliphatic carbocycles. The Balaban J connectivity index is 2.25. The molecule has 0 aliphatic rings. The molecular weight excluding hydrogens is 238 g/mol. The maximum atomic E-state index is 10.8. The van der Waals surface area contributed by atoms with Gasteiger partial charge in [0.1, 0.15) is 0 Å². The average Bonchev–Trinajstić information content (AvgIpc) is 2.28. The molecule has 0 spiro atoms. The summed E-state index contributed by atoms with van der Waals surface area (Å²) in [4.78, 5) is 0. The van der Waals surface area contributed by atoms with Crippen LogP contribution in [0.1, 0.15) is 11.1 Å². The molecule has 0 bridgehead atoms. The van der Waals surface area contributed by atoms with E-state index in [-0.39, 0.29) is 0 Å². The van der Waals surface area contributed by atoms with Gasteiger partial charge in [0, 0.05) is 19.6 Å². The van der Waals surface area contributed by atoms with Crippen molar-refractivity contribution >= 4 is 10.0 Å². The summed E-state index contributed by atoms with van der Waals surface area (Å²) < 4.78 is 23.9. The Morgan fingerprint density at radius 3 is 2.41 bits per heavy atom. The zero-order valence-electron chi connectivity index (χ0n) is 9.60. The van der Waals surface area contributed by atoms with E-state index in [1.165, 1.54) is 0 Å². The highest BCUT2D eigenvalue weighted by Crippen LogP contribution is 2.02. The van der Waals surface area contributed by atoms with E-state index in [1.807, 2.05) is 12.1 Å². The Kier molecular flexibility index (Phi) is 5.10. The first-order valence-corrected chi connectivity index (χ1v) is 7.05. The Morgan fingerprint density at radius 2 is 1.88 bits per heavy atom. The van der Waals surface area contributed by atoms with Gasteiger partial charge in [0.2, 0.25) is 10.0 Å². The summed E-state index contributed by atoms with van der Waals surface area (Å²) in [6.07, 6.45) is 1.13. The molecule has 1 aromatic carbocycles. The van der Waals surface area contributed by atoms with E-state index >= 15 is 0 Å². The van der Waals surface area contributed by atoms with Crippen molar-refractivity contribution in [3.8, 4) is 6.07 Å². The van der Waals surface area contributed by atoms with E-state index in [0.29, 0.717) is 25.2 Å². The van der Waals surface area contributed by atoms with E-state index < -0.39 is 10.0 Å². The van der Waals surface area contributed by atoms with Crippen LogP contribution in [0.5, 0.6) is 0 Å². The lowest BCUT2D eigenvalue weighted by Gasteiger charge is -2.05. The SMILES string of the molecule is CS(=O)(=O)NCCNCc1ccc(C#N)cc1. The summed E-state index contributed by atoms with van der Waals surface area (Å²) in [6, 6.07) is 9.30. The van der Waals surface area contributed by atoms with Crippen molar-refractivity contribution < 1.29 is 8.42 Å². The highest BCUT2D eigenvalue weighted by molar-refractivity contribution is 7.88. The number of rotatable bonds is 6. The molecule has 0 fully saturated rings. The minimum Gasteiger partial charge on any atom is -0.311 e. The molecule has 0 atom stereocenters. The van der Waals surface area contributed by atoms with Crippen LogP contribution >= 0.6 is 0 Å². The Hall–Kier alpha value is -1.42. The maximum absolute atomic E-state index is 10.8. The molecule has 0 amide bonds. The molecule has 0 heterocycles. The second-order valence-corrected chi connectivity index (χ2v) is 5.49. The summed E-state index contributed by atoms with van der Waals surface area (Å²) >= 11 is 0.